The standard InChI is InChI=1S/C13H17NO2/c1-9(14-13(15)11-3-4-11)10-5-7-12(16-2)8-6-10/h5-9,11H,3-4H2,1-2H3,(H,14,15)/t9-/m1/s1. The Morgan fingerprint density at radius 1 is 1.38 bits per heavy atom. The summed E-state index contributed by atoms with van der Waals surface area (Å²) in [6.45, 7) is 2.00. The predicted molar refractivity (Wildman–Crippen MR) is 62.3 cm³/mol. The van der Waals surface area contributed by atoms with Gasteiger partial charge in [-0.1, -0.05) is 12.1 Å². The third-order valence-electron chi connectivity index (χ3n) is 2.92. The second-order valence-corrected chi connectivity index (χ2v) is 4.28. The van der Waals surface area contributed by atoms with E-state index in [1.807, 2.05) is 31.2 Å². The van der Waals surface area contributed by atoms with E-state index in [0.29, 0.717) is 0 Å². The third kappa shape index (κ3) is 2.54. The molecule has 1 aliphatic carbocycles. The molecule has 1 N–H and O–H groups in total. The molecular weight excluding hydrogens is 202 g/mol. The number of hydrogen-bond donors (Lipinski definition) is 1. The van der Waals surface area contributed by atoms with Gasteiger partial charge < -0.3 is 10.1 Å². The van der Waals surface area contributed by atoms with Crippen LogP contribution in [0, 0.1) is 5.92 Å². The van der Waals surface area contributed by atoms with Gasteiger partial charge in [-0.25, -0.2) is 0 Å². The fourth-order valence-corrected chi connectivity index (χ4v) is 1.65. The molecular formula is C13H17NO2. The number of rotatable bonds is 4. The zero-order chi connectivity index (χ0) is 11.5. The van der Waals surface area contributed by atoms with Crippen molar-refractivity contribution in [2.45, 2.75) is 25.8 Å². The van der Waals surface area contributed by atoms with Crippen LogP contribution in [0.3, 0.4) is 0 Å². The molecule has 0 bridgehead atoms. The van der Waals surface area contributed by atoms with Gasteiger partial charge in [-0.05, 0) is 37.5 Å². The number of methoxy groups -OCH3 is 1. The second-order valence-electron chi connectivity index (χ2n) is 4.28. The monoisotopic (exact) mass is 219 g/mol. The molecule has 1 aliphatic rings. The molecule has 1 amide bonds. The lowest BCUT2D eigenvalue weighted by molar-refractivity contribution is -0.122. The largest absolute Gasteiger partial charge is 0.497 e. The number of carbonyl (C=O) groups excluding carboxylic acids is 1. The number of benzene rings is 1. The van der Waals surface area contributed by atoms with Crippen molar-refractivity contribution in [3.05, 3.63) is 29.8 Å². The second kappa shape index (κ2) is 4.56. The first-order valence-corrected chi connectivity index (χ1v) is 5.65. The van der Waals surface area contributed by atoms with E-state index in [9.17, 15) is 4.79 Å². The average molecular weight is 219 g/mol. The van der Waals surface area contributed by atoms with Crippen LogP contribution in [-0.2, 0) is 4.79 Å². The molecule has 0 heterocycles. The summed E-state index contributed by atoms with van der Waals surface area (Å²) >= 11 is 0. The molecule has 1 aromatic rings. The highest BCUT2D eigenvalue weighted by Crippen LogP contribution is 2.29. The van der Waals surface area contributed by atoms with Crippen molar-refractivity contribution in [3.8, 4) is 5.75 Å². The van der Waals surface area contributed by atoms with Gasteiger partial charge in [0.15, 0.2) is 0 Å². The molecule has 0 spiro atoms. The number of ether oxygens (including phenoxy) is 1. The highest BCUT2D eigenvalue weighted by molar-refractivity contribution is 5.81. The third-order valence-corrected chi connectivity index (χ3v) is 2.92. The van der Waals surface area contributed by atoms with Crippen LogP contribution in [-0.4, -0.2) is 13.0 Å². The fourth-order valence-electron chi connectivity index (χ4n) is 1.65. The minimum absolute atomic E-state index is 0.0685. The van der Waals surface area contributed by atoms with E-state index in [4.69, 9.17) is 4.74 Å². The maximum Gasteiger partial charge on any atom is 0.223 e. The van der Waals surface area contributed by atoms with Crippen LogP contribution < -0.4 is 10.1 Å². The molecule has 0 aliphatic heterocycles. The fraction of sp³-hybridized carbons (Fsp3) is 0.462. The molecule has 1 fully saturated rings. The van der Waals surface area contributed by atoms with Gasteiger partial charge in [0.2, 0.25) is 5.91 Å². The number of amides is 1. The first-order valence-electron chi connectivity index (χ1n) is 5.65. The Bertz CT molecular complexity index is 368. The Kier molecular flexibility index (Phi) is 3.13. The lowest BCUT2D eigenvalue weighted by Crippen LogP contribution is -2.27. The minimum Gasteiger partial charge on any atom is -0.497 e. The summed E-state index contributed by atoms with van der Waals surface area (Å²) in [6, 6.07) is 7.86. The molecule has 0 radical (unpaired) electrons. The number of nitrogens with one attached hydrogen (secondary N) is 1. The minimum atomic E-state index is 0.0685. The summed E-state index contributed by atoms with van der Waals surface area (Å²) in [5.74, 6) is 1.29. The first-order chi connectivity index (χ1) is 7.70. The van der Waals surface area contributed by atoms with E-state index in [2.05, 4.69) is 5.32 Å². The highest BCUT2D eigenvalue weighted by Gasteiger charge is 2.30. The van der Waals surface area contributed by atoms with Gasteiger partial charge in [0.25, 0.3) is 0 Å². The summed E-state index contributed by atoms with van der Waals surface area (Å²) in [5, 5.41) is 3.02. The Morgan fingerprint density at radius 3 is 2.50 bits per heavy atom. The lowest BCUT2D eigenvalue weighted by atomic mass is 10.1. The summed E-state index contributed by atoms with van der Waals surface area (Å²) in [6.07, 6.45) is 2.09. The molecule has 3 heteroatoms. The van der Waals surface area contributed by atoms with Crippen molar-refractivity contribution in [1.29, 1.82) is 0 Å². The maximum absolute atomic E-state index is 11.6. The maximum atomic E-state index is 11.6. The summed E-state index contributed by atoms with van der Waals surface area (Å²) in [5.41, 5.74) is 1.11. The van der Waals surface area contributed by atoms with Crippen molar-refractivity contribution in [1.82, 2.24) is 5.32 Å². The molecule has 16 heavy (non-hydrogen) atoms. The average Bonchev–Trinajstić information content (AvgIpc) is 3.13. The van der Waals surface area contributed by atoms with Crippen LogP contribution in [0.2, 0.25) is 0 Å². The van der Waals surface area contributed by atoms with E-state index in [1.54, 1.807) is 7.11 Å². The van der Waals surface area contributed by atoms with Crippen molar-refractivity contribution in [2.75, 3.05) is 7.11 Å². The van der Waals surface area contributed by atoms with Gasteiger partial charge in [-0.2, -0.15) is 0 Å². The van der Waals surface area contributed by atoms with Crippen LogP contribution in [0.1, 0.15) is 31.4 Å². The van der Waals surface area contributed by atoms with Crippen LogP contribution in [0.25, 0.3) is 0 Å². The Morgan fingerprint density at radius 2 is 2.00 bits per heavy atom. The zero-order valence-electron chi connectivity index (χ0n) is 9.69. The molecule has 1 atom stereocenters. The van der Waals surface area contributed by atoms with E-state index in [1.165, 1.54) is 0 Å². The smallest absolute Gasteiger partial charge is 0.223 e. The predicted octanol–water partition coefficient (Wildman–Crippen LogP) is 2.28. The Hall–Kier alpha value is -1.51. The number of hydrogen-bond acceptors (Lipinski definition) is 2. The van der Waals surface area contributed by atoms with Crippen molar-refractivity contribution < 1.29 is 9.53 Å². The molecule has 0 unspecified atom stereocenters. The molecule has 2 rings (SSSR count). The zero-order valence-corrected chi connectivity index (χ0v) is 9.69. The summed E-state index contributed by atoms with van der Waals surface area (Å²) in [7, 11) is 1.65. The van der Waals surface area contributed by atoms with Gasteiger partial charge in [0.05, 0.1) is 13.2 Å². The van der Waals surface area contributed by atoms with Crippen molar-refractivity contribution in [2.24, 2.45) is 5.92 Å². The van der Waals surface area contributed by atoms with Gasteiger partial charge in [0.1, 0.15) is 5.75 Å². The molecule has 0 aromatic heterocycles. The molecule has 1 saturated carbocycles. The van der Waals surface area contributed by atoms with Crippen LogP contribution in [0.5, 0.6) is 5.75 Å². The van der Waals surface area contributed by atoms with E-state index in [-0.39, 0.29) is 17.9 Å². The van der Waals surface area contributed by atoms with Crippen LogP contribution in [0.4, 0.5) is 0 Å². The quantitative estimate of drug-likeness (QED) is 0.843. The first kappa shape index (κ1) is 11.0. The highest BCUT2D eigenvalue weighted by atomic mass is 16.5. The van der Waals surface area contributed by atoms with Gasteiger partial charge in [0, 0.05) is 5.92 Å². The van der Waals surface area contributed by atoms with Gasteiger partial charge in [-0.3, -0.25) is 4.79 Å². The van der Waals surface area contributed by atoms with Gasteiger partial charge in [-0.15, -0.1) is 0 Å². The molecule has 86 valence electrons. The molecule has 1 aromatic carbocycles. The van der Waals surface area contributed by atoms with E-state index >= 15 is 0 Å². The SMILES string of the molecule is COc1ccc([C@@H](C)NC(=O)C2CC2)cc1. The van der Waals surface area contributed by atoms with Crippen LogP contribution in [0.15, 0.2) is 24.3 Å². The van der Waals surface area contributed by atoms with Crippen molar-refractivity contribution >= 4 is 5.91 Å². The summed E-state index contributed by atoms with van der Waals surface area (Å²) < 4.78 is 5.09. The molecule has 0 saturated heterocycles. The Labute approximate surface area is 95.8 Å². The lowest BCUT2D eigenvalue weighted by Gasteiger charge is -2.14. The van der Waals surface area contributed by atoms with Gasteiger partial charge >= 0.3 is 0 Å². The Balaban J connectivity index is 1.96. The molecule has 3 nitrogen and oxygen atoms in total. The van der Waals surface area contributed by atoms with Crippen LogP contribution >= 0.6 is 0 Å². The topological polar surface area (TPSA) is 38.3 Å². The van der Waals surface area contributed by atoms with E-state index in [0.717, 1.165) is 24.2 Å². The normalized spacial score (nSPS) is 16.6. The van der Waals surface area contributed by atoms with E-state index < -0.39 is 0 Å². The number of carbonyl (C=O) groups is 1. The summed E-state index contributed by atoms with van der Waals surface area (Å²) in [4.78, 5) is 11.6. The van der Waals surface area contributed by atoms with Crippen molar-refractivity contribution in [3.63, 3.8) is 0 Å².